The van der Waals surface area contributed by atoms with E-state index in [1.54, 1.807) is 0 Å². The molecular weight excluding hydrogens is 370 g/mol. The Labute approximate surface area is 169 Å². The lowest BCUT2D eigenvalue weighted by atomic mass is 10.2. The Morgan fingerprint density at radius 2 is 1.54 bits per heavy atom. The second-order valence-electron chi connectivity index (χ2n) is 7.53. The molecule has 0 aliphatic carbocycles. The average molecular weight is 402 g/mol. The van der Waals surface area contributed by atoms with E-state index in [9.17, 15) is 8.42 Å². The summed E-state index contributed by atoms with van der Waals surface area (Å²) in [6.07, 6.45) is 1.38. The molecule has 1 heterocycles. The van der Waals surface area contributed by atoms with Gasteiger partial charge >= 0.3 is 0 Å². The van der Waals surface area contributed by atoms with E-state index in [0.717, 1.165) is 44.7 Å². The third-order valence-corrected chi connectivity index (χ3v) is 6.76. The van der Waals surface area contributed by atoms with Crippen molar-refractivity contribution in [1.82, 2.24) is 9.62 Å². The van der Waals surface area contributed by atoms with Gasteiger partial charge in [0.1, 0.15) is 0 Å². The SMILES string of the molecule is CC(CCN1CCN(c2ccccc2)CC1)NS(=O)(=O)CCc1ccccc1. The van der Waals surface area contributed by atoms with Gasteiger partial charge in [-0.1, -0.05) is 48.5 Å². The third kappa shape index (κ3) is 6.62. The van der Waals surface area contributed by atoms with Crippen LogP contribution in [0.5, 0.6) is 0 Å². The predicted molar refractivity (Wildman–Crippen MR) is 116 cm³/mol. The maximum absolute atomic E-state index is 12.3. The van der Waals surface area contributed by atoms with E-state index in [-0.39, 0.29) is 11.8 Å². The van der Waals surface area contributed by atoms with Crippen molar-refractivity contribution in [1.29, 1.82) is 0 Å². The Morgan fingerprint density at radius 3 is 2.18 bits per heavy atom. The second-order valence-corrected chi connectivity index (χ2v) is 9.40. The summed E-state index contributed by atoms with van der Waals surface area (Å²) in [5.74, 6) is 0.136. The number of hydrogen-bond acceptors (Lipinski definition) is 4. The normalized spacial score (nSPS) is 16.8. The molecule has 1 aliphatic rings. The summed E-state index contributed by atoms with van der Waals surface area (Å²) >= 11 is 0. The predicted octanol–water partition coefficient (Wildman–Crippen LogP) is 2.75. The van der Waals surface area contributed by atoms with Gasteiger partial charge in [-0.2, -0.15) is 0 Å². The number of para-hydroxylation sites is 1. The molecule has 2 aromatic rings. The zero-order valence-corrected chi connectivity index (χ0v) is 17.4. The Morgan fingerprint density at radius 1 is 0.929 bits per heavy atom. The number of rotatable bonds is 9. The van der Waals surface area contributed by atoms with Crippen molar-refractivity contribution < 1.29 is 8.42 Å². The van der Waals surface area contributed by atoms with Gasteiger partial charge in [0, 0.05) is 37.9 Å². The van der Waals surface area contributed by atoms with Crippen LogP contribution >= 0.6 is 0 Å². The van der Waals surface area contributed by atoms with E-state index in [0.29, 0.717) is 6.42 Å². The van der Waals surface area contributed by atoms with Crippen molar-refractivity contribution in [3.63, 3.8) is 0 Å². The number of piperazine rings is 1. The summed E-state index contributed by atoms with van der Waals surface area (Å²) in [6.45, 7) is 6.94. The first kappa shape index (κ1) is 20.8. The lowest BCUT2D eigenvalue weighted by molar-refractivity contribution is 0.248. The summed E-state index contributed by atoms with van der Waals surface area (Å²) in [4.78, 5) is 4.83. The van der Waals surface area contributed by atoms with Crippen LogP contribution in [0.2, 0.25) is 0 Å². The number of benzene rings is 2. The van der Waals surface area contributed by atoms with Crippen LogP contribution in [-0.2, 0) is 16.4 Å². The van der Waals surface area contributed by atoms with Crippen LogP contribution in [0.25, 0.3) is 0 Å². The number of nitrogens with one attached hydrogen (secondary N) is 1. The molecule has 2 aromatic carbocycles. The average Bonchev–Trinajstić information content (AvgIpc) is 2.72. The molecule has 5 nitrogen and oxygen atoms in total. The fourth-order valence-corrected chi connectivity index (χ4v) is 4.92. The van der Waals surface area contributed by atoms with Gasteiger partial charge < -0.3 is 4.90 Å². The molecule has 1 saturated heterocycles. The second kappa shape index (κ2) is 10.0. The van der Waals surface area contributed by atoms with Gasteiger partial charge in [-0.25, -0.2) is 13.1 Å². The molecule has 0 spiro atoms. The fourth-order valence-electron chi connectivity index (χ4n) is 3.57. The first-order valence-electron chi connectivity index (χ1n) is 10.1. The molecule has 0 saturated carbocycles. The van der Waals surface area contributed by atoms with Crippen molar-refractivity contribution in [3.05, 3.63) is 66.2 Å². The van der Waals surface area contributed by atoms with Crippen LogP contribution in [0.4, 0.5) is 5.69 Å². The van der Waals surface area contributed by atoms with Crippen LogP contribution in [0.3, 0.4) is 0 Å². The van der Waals surface area contributed by atoms with E-state index >= 15 is 0 Å². The maximum Gasteiger partial charge on any atom is 0.212 e. The lowest BCUT2D eigenvalue weighted by Gasteiger charge is -2.36. The van der Waals surface area contributed by atoms with Crippen LogP contribution in [0, 0.1) is 0 Å². The highest BCUT2D eigenvalue weighted by atomic mass is 32.2. The first-order chi connectivity index (χ1) is 13.5. The minimum Gasteiger partial charge on any atom is -0.369 e. The molecule has 0 aromatic heterocycles. The van der Waals surface area contributed by atoms with E-state index in [4.69, 9.17) is 0 Å². The van der Waals surface area contributed by atoms with Crippen molar-refractivity contribution in [2.45, 2.75) is 25.8 Å². The zero-order valence-electron chi connectivity index (χ0n) is 16.6. The Bertz CT molecular complexity index is 804. The van der Waals surface area contributed by atoms with Crippen LogP contribution < -0.4 is 9.62 Å². The summed E-state index contributed by atoms with van der Waals surface area (Å²) in [7, 11) is -3.25. The van der Waals surface area contributed by atoms with Crippen LogP contribution in [0.15, 0.2) is 60.7 Å². The molecule has 0 bridgehead atoms. The molecule has 0 radical (unpaired) electrons. The fraction of sp³-hybridized carbons (Fsp3) is 0.455. The summed E-state index contributed by atoms with van der Waals surface area (Å²) in [5, 5.41) is 0. The molecule has 28 heavy (non-hydrogen) atoms. The quantitative estimate of drug-likeness (QED) is 0.702. The topological polar surface area (TPSA) is 52.6 Å². The van der Waals surface area contributed by atoms with Gasteiger partial charge in [0.05, 0.1) is 5.75 Å². The van der Waals surface area contributed by atoms with E-state index in [2.05, 4.69) is 38.8 Å². The lowest BCUT2D eigenvalue weighted by Crippen LogP contribution is -2.47. The Balaban J connectivity index is 1.36. The number of sulfonamides is 1. The summed E-state index contributed by atoms with van der Waals surface area (Å²) < 4.78 is 27.5. The molecule has 1 aliphatic heterocycles. The van der Waals surface area contributed by atoms with Gasteiger partial charge in [0.15, 0.2) is 0 Å². The highest BCUT2D eigenvalue weighted by Crippen LogP contribution is 2.15. The first-order valence-corrected chi connectivity index (χ1v) is 11.7. The number of anilines is 1. The van der Waals surface area contributed by atoms with Gasteiger partial charge in [-0.05, 0) is 44.0 Å². The van der Waals surface area contributed by atoms with Crippen LogP contribution in [0.1, 0.15) is 18.9 Å². The molecule has 1 fully saturated rings. The third-order valence-electron chi connectivity index (χ3n) is 5.26. The van der Waals surface area contributed by atoms with Crippen LogP contribution in [-0.4, -0.2) is 57.8 Å². The van der Waals surface area contributed by atoms with Crippen molar-refractivity contribution in [2.75, 3.05) is 43.4 Å². The van der Waals surface area contributed by atoms with E-state index in [1.165, 1.54) is 5.69 Å². The Kier molecular flexibility index (Phi) is 7.48. The minimum atomic E-state index is -3.25. The molecule has 1 N–H and O–H groups in total. The van der Waals surface area contributed by atoms with E-state index in [1.807, 2.05) is 43.3 Å². The maximum atomic E-state index is 12.3. The highest BCUT2D eigenvalue weighted by Gasteiger charge is 2.19. The molecule has 1 atom stereocenters. The van der Waals surface area contributed by atoms with Crippen molar-refractivity contribution >= 4 is 15.7 Å². The number of aryl methyl sites for hydroxylation is 1. The van der Waals surface area contributed by atoms with Gasteiger partial charge in [0.25, 0.3) is 0 Å². The van der Waals surface area contributed by atoms with Gasteiger partial charge in [0.2, 0.25) is 10.0 Å². The highest BCUT2D eigenvalue weighted by molar-refractivity contribution is 7.89. The van der Waals surface area contributed by atoms with Gasteiger partial charge in [-0.15, -0.1) is 0 Å². The number of nitrogens with zero attached hydrogens (tertiary/aromatic N) is 2. The minimum absolute atomic E-state index is 0.0482. The summed E-state index contributed by atoms with van der Waals surface area (Å²) in [5.41, 5.74) is 2.33. The standard InChI is InChI=1S/C22H31N3O2S/c1-20(23-28(26,27)19-13-21-8-4-2-5-9-21)12-14-24-15-17-25(18-16-24)22-10-6-3-7-11-22/h2-11,20,23H,12-19H2,1H3. The molecule has 6 heteroatoms. The monoisotopic (exact) mass is 401 g/mol. The molecule has 1 unspecified atom stereocenters. The number of hydrogen-bond donors (Lipinski definition) is 1. The van der Waals surface area contributed by atoms with Crippen molar-refractivity contribution in [2.24, 2.45) is 0 Å². The molecule has 0 amide bonds. The largest absolute Gasteiger partial charge is 0.369 e. The molecule has 152 valence electrons. The zero-order chi connectivity index (χ0) is 19.8. The van der Waals surface area contributed by atoms with E-state index < -0.39 is 10.0 Å². The van der Waals surface area contributed by atoms with Gasteiger partial charge in [-0.3, -0.25) is 4.90 Å². The Hall–Kier alpha value is -1.89. The smallest absolute Gasteiger partial charge is 0.212 e. The molecular formula is C22H31N3O2S. The summed E-state index contributed by atoms with van der Waals surface area (Å²) in [6, 6.07) is 20.2. The molecule has 3 rings (SSSR count). The van der Waals surface area contributed by atoms with Crippen molar-refractivity contribution in [3.8, 4) is 0 Å².